The molecule has 0 bridgehead atoms. The molecule has 0 radical (unpaired) electrons. The molecule has 0 atom stereocenters. The highest BCUT2D eigenvalue weighted by Crippen LogP contribution is 2.28. The minimum Gasteiger partial charge on any atom is -0.390 e. The van der Waals surface area contributed by atoms with Crippen LogP contribution in [0.2, 0.25) is 10.0 Å². The van der Waals surface area contributed by atoms with Crippen LogP contribution in [0.25, 0.3) is 0 Å². The van der Waals surface area contributed by atoms with Crippen molar-refractivity contribution in [2.24, 2.45) is 0 Å². The maximum atomic E-state index is 12.2. The van der Waals surface area contributed by atoms with E-state index in [2.05, 4.69) is 12.2 Å². The molecule has 2 rings (SSSR count). The van der Waals surface area contributed by atoms with Crippen molar-refractivity contribution in [3.63, 3.8) is 0 Å². The smallest absolute Gasteiger partial charge is 0.321 e. The molecule has 1 fully saturated rings. The molecule has 0 spiro atoms. The Bertz CT molecular complexity index is 529. The van der Waals surface area contributed by atoms with Crippen LogP contribution in [0, 0.1) is 0 Å². The highest BCUT2D eigenvalue weighted by atomic mass is 35.5. The number of piperidine rings is 1. The van der Waals surface area contributed by atoms with E-state index >= 15 is 0 Å². The van der Waals surface area contributed by atoms with Gasteiger partial charge in [0.25, 0.3) is 0 Å². The molecule has 2 amide bonds. The molecular weight excluding hydrogens is 323 g/mol. The summed E-state index contributed by atoms with van der Waals surface area (Å²) in [5.41, 5.74) is 0.00216. The molecule has 1 heterocycles. The summed E-state index contributed by atoms with van der Waals surface area (Å²) in [6.07, 6.45) is 4.16. The lowest BCUT2D eigenvalue weighted by Gasteiger charge is -2.38. The predicted molar refractivity (Wildman–Crippen MR) is 90.8 cm³/mol. The lowest BCUT2D eigenvalue weighted by molar-refractivity contribution is -0.0194. The molecule has 2 N–H and O–H groups in total. The monoisotopic (exact) mass is 344 g/mol. The normalized spacial score (nSPS) is 17.4. The third-order valence-electron chi connectivity index (χ3n) is 4.15. The molecule has 6 heteroatoms. The Labute approximate surface area is 141 Å². The number of halogens is 2. The van der Waals surface area contributed by atoms with Crippen LogP contribution in [-0.2, 0) is 0 Å². The van der Waals surface area contributed by atoms with Crippen molar-refractivity contribution >= 4 is 34.9 Å². The summed E-state index contributed by atoms with van der Waals surface area (Å²) in [5.74, 6) is 0. The van der Waals surface area contributed by atoms with Crippen molar-refractivity contribution in [1.82, 2.24) is 4.90 Å². The fraction of sp³-hybridized carbons (Fsp3) is 0.562. The standard InChI is InChI=1S/C16H22Cl2N2O2/c1-2-3-6-16(22)7-9-20(10-8-16)15(21)19-12-4-5-13(17)14(18)11-12/h4-5,11,22H,2-3,6-10H2,1H3,(H,19,21). The number of carbonyl (C=O) groups is 1. The van der Waals surface area contributed by atoms with Crippen molar-refractivity contribution in [3.05, 3.63) is 28.2 Å². The average Bonchev–Trinajstić information content (AvgIpc) is 2.50. The van der Waals surface area contributed by atoms with Crippen molar-refractivity contribution in [2.45, 2.75) is 44.6 Å². The summed E-state index contributed by atoms with van der Waals surface area (Å²) >= 11 is 11.8. The minimum atomic E-state index is -0.615. The fourth-order valence-corrected chi connectivity index (χ4v) is 2.96. The van der Waals surface area contributed by atoms with Crippen molar-refractivity contribution in [1.29, 1.82) is 0 Å². The Morgan fingerprint density at radius 1 is 1.32 bits per heavy atom. The Morgan fingerprint density at radius 2 is 2.00 bits per heavy atom. The molecule has 0 aliphatic carbocycles. The molecular formula is C16H22Cl2N2O2. The quantitative estimate of drug-likeness (QED) is 0.842. The number of amides is 2. The van der Waals surface area contributed by atoms with E-state index in [4.69, 9.17) is 23.2 Å². The molecule has 4 nitrogen and oxygen atoms in total. The number of rotatable bonds is 4. The number of likely N-dealkylation sites (tertiary alicyclic amines) is 1. The largest absolute Gasteiger partial charge is 0.390 e. The van der Waals surface area contributed by atoms with Crippen LogP contribution < -0.4 is 5.32 Å². The Morgan fingerprint density at radius 3 is 2.59 bits per heavy atom. The first-order valence-corrected chi connectivity index (χ1v) is 8.42. The molecule has 1 aliphatic rings. The van der Waals surface area contributed by atoms with Gasteiger partial charge in [-0.3, -0.25) is 0 Å². The summed E-state index contributed by atoms with van der Waals surface area (Å²) in [6.45, 7) is 3.24. The van der Waals surface area contributed by atoms with E-state index in [1.807, 2.05) is 0 Å². The van der Waals surface area contributed by atoms with Gasteiger partial charge in [-0.15, -0.1) is 0 Å². The van der Waals surface area contributed by atoms with Gasteiger partial charge in [-0.2, -0.15) is 0 Å². The van der Waals surface area contributed by atoms with Crippen LogP contribution in [0.4, 0.5) is 10.5 Å². The van der Waals surface area contributed by atoms with E-state index in [1.165, 1.54) is 0 Å². The zero-order valence-corrected chi connectivity index (χ0v) is 14.3. The van der Waals surface area contributed by atoms with Crippen LogP contribution in [-0.4, -0.2) is 34.7 Å². The van der Waals surface area contributed by atoms with E-state index in [0.29, 0.717) is 41.7 Å². The third-order valence-corrected chi connectivity index (χ3v) is 4.89. The minimum absolute atomic E-state index is 0.170. The van der Waals surface area contributed by atoms with E-state index in [9.17, 15) is 9.90 Å². The number of urea groups is 1. The summed E-state index contributed by atoms with van der Waals surface area (Å²) in [6, 6.07) is 4.83. The SMILES string of the molecule is CCCCC1(O)CCN(C(=O)Nc2ccc(Cl)c(Cl)c2)CC1. The topological polar surface area (TPSA) is 52.6 Å². The highest BCUT2D eigenvalue weighted by Gasteiger charge is 2.33. The van der Waals surface area contributed by atoms with E-state index < -0.39 is 5.60 Å². The second kappa shape index (κ2) is 7.53. The number of unbranched alkanes of at least 4 members (excludes halogenated alkanes) is 1. The van der Waals surface area contributed by atoms with Gasteiger partial charge in [-0.05, 0) is 37.5 Å². The highest BCUT2D eigenvalue weighted by molar-refractivity contribution is 6.42. The molecule has 0 aromatic heterocycles. The van der Waals surface area contributed by atoms with Crippen LogP contribution >= 0.6 is 23.2 Å². The number of carbonyl (C=O) groups excluding carboxylic acids is 1. The first kappa shape index (κ1) is 17.4. The number of benzene rings is 1. The molecule has 122 valence electrons. The van der Waals surface area contributed by atoms with Gasteiger partial charge < -0.3 is 15.3 Å². The van der Waals surface area contributed by atoms with Gasteiger partial charge >= 0.3 is 6.03 Å². The van der Waals surface area contributed by atoms with Gasteiger partial charge in [0.2, 0.25) is 0 Å². The summed E-state index contributed by atoms with van der Waals surface area (Å²) in [4.78, 5) is 14.0. The number of hydrogen-bond acceptors (Lipinski definition) is 2. The second-order valence-electron chi connectivity index (χ2n) is 5.87. The predicted octanol–water partition coefficient (Wildman–Crippen LogP) is 4.54. The molecule has 1 saturated heterocycles. The van der Waals surface area contributed by atoms with Gasteiger partial charge in [0.05, 0.1) is 15.6 Å². The Balaban J connectivity index is 1.88. The second-order valence-corrected chi connectivity index (χ2v) is 6.69. The summed E-state index contributed by atoms with van der Waals surface area (Å²) in [5, 5.41) is 14.1. The first-order chi connectivity index (χ1) is 10.4. The first-order valence-electron chi connectivity index (χ1n) is 7.67. The van der Waals surface area contributed by atoms with Gasteiger partial charge in [-0.25, -0.2) is 4.79 Å². The molecule has 1 aliphatic heterocycles. The zero-order chi connectivity index (χ0) is 16.2. The fourth-order valence-electron chi connectivity index (χ4n) is 2.66. The van der Waals surface area contributed by atoms with Crippen LogP contribution in [0.15, 0.2) is 18.2 Å². The van der Waals surface area contributed by atoms with Gasteiger partial charge in [0.15, 0.2) is 0 Å². The summed E-state index contributed by atoms with van der Waals surface area (Å²) < 4.78 is 0. The van der Waals surface area contributed by atoms with Crippen molar-refractivity contribution in [3.8, 4) is 0 Å². The van der Waals surface area contributed by atoms with Crippen molar-refractivity contribution < 1.29 is 9.90 Å². The lowest BCUT2D eigenvalue weighted by atomic mass is 9.87. The number of aliphatic hydroxyl groups is 1. The van der Waals surface area contributed by atoms with Gasteiger partial charge in [0.1, 0.15) is 0 Å². The third kappa shape index (κ3) is 4.51. The number of nitrogens with one attached hydrogen (secondary N) is 1. The Hall–Kier alpha value is -0.970. The number of hydrogen-bond donors (Lipinski definition) is 2. The zero-order valence-electron chi connectivity index (χ0n) is 12.7. The average molecular weight is 345 g/mol. The molecule has 22 heavy (non-hydrogen) atoms. The Kier molecular flexibility index (Phi) is 5.95. The van der Waals surface area contributed by atoms with Crippen molar-refractivity contribution in [2.75, 3.05) is 18.4 Å². The number of nitrogens with zero attached hydrogens (tertiary/aromatic N) is 1. The molecule has 1 aromatic rings. The maximum absolute atomic E-state index is 12.2. The van der Waals surface area contributed by atoms with E-state index in [1.54, 1.807) is 23.1 Å². The van der Waals surface area contributed by atoms with Crippen LogP contribution in [0.1, 0.15) is 39.0 Å². The van der Waals surface area contributed by atoms with Gasteiger partial charge in [0, 0.05) is 18.8 Å². The van der Waals surface area contributed by atoms with Crippen LogP contribution in [0.5, 0.6) is 0 Å². The molecule has 1 aromatic carbocycles. The number of anilines is 1. The lowest BCUT2D eigenvalue weighted by Crippen LogP contribution is -2.48. The van der Waals surface area contributed by atoms with E-state index in [0.717, 1.165) is 19.3 Å². The maximum Gasteiger partial charge on any atom is 0.321 e. The van der Waals surface area contributed by atoms with Gasteiger partial charge in [-0.1, -0.05) is 43.0 Å². The van der Waals surface area contributed by atoms with Crippen LogP contribution in [0.3, 0.4) is 0 Å². The van der Waals surface area contributed by atoms with E-state index in [-0.39, 0.29) is 6.03 Å². The summed E-state index contributed by atoms with van der Waals surface area (Å²) in [7, 11) is 0. The molecule has 0 saturated carbocycles. The molecule has 0 unspecified atom stereocenters.